The lowest BCUT2D eigenvalue weighted by Gasteiger charge is -2.27. The highest BCUT2D eigenvalue weighted by Crippen LogP contribution is 2.23. The van der Waals surface area contributed by atoms with Crippen molar-refractivity contribution in [1.82, 2.24) is 19.4 Å². The fourth-order valence-electron chi connectivity index (χ4n) is 3.40. The van der Waals surface area contributed by atoms with Crippen LogP contribution in [0.5, 0.6) is 0 Å². The highest BCUT2D eigenvalue weighted by molar-refractivity contribution is 7.97. The fourth-order valence-corrected chi connectivity index (χ4v) is 4.32. The number of hydrogen-bond acceptors (Lipinski definition) is 6. The molecule has 0 radical (unpaired) electrons. The smallest absolute Gasteiger partial charge is 0.0594 e. The second kappa shape index (κ2) is 10.5. The van der Waals surface area contributed by atoms with Crippen LogP contribution in [0, 0.1) is 0 Å². The van der Waals surface area contributed by atoms with E-state index in [4.69, 9.17) is 4.74 Å². The molecular formula is C19H32N4OS. The van der Waals surface area contributed by atoms with Gasteiger partial charge in [-0.05, 0) is 49.7 Å². The van der Waals surface area contributed by atoms with Gasteiger partial charge in [0, 0.05) is 57.3 Å². The number of nitrogens with zero attached hydrogens (tertiary/aromatic N) is 3. The first kappa shape index (κ1) is 19.1. The number of rotatable bonds is 8. The number of morpholine rings is 1. The Morgan fingerprint density at radius 1 is 1.12 bits per heavy atom. The zero-order chi connectivity index (χ0) is 17.3. The molecule has 2 heterocycles. The zero-order valence-corrected chi connectivity index (χ0v) is 16.3. The monoisotopic (exact) mass is 364 g/mol. The summed E-state index contributed by atoms with van der Waals surface area (Å²) in [6, 6.07) is 9.03. The third-order valence-corrected chi connectivity index (χ3v) is 5.79. The summed E-state index contributed by atoms with van der Waals surface area (Å²) in [6.07, 6.45) is 1.21. The van der Waals surface area contributed by atoms with Gasteiger partial charge < -0.3 is 10.1 Å². The van der Waals surface area contributed by atoms with Crippen molar-refractivity contribution in [1.29, 1.82) is 0 Å². The summed E-state index contributed by atoms with van der Waals surface area (Å²) in [7, 11) is 2.20. The lowest BCUT2D eigenvalue weighted by Crippen LogP contribution is -2.42. The molecule has 0 saturated carbocycles. The molecule has 0 aromatic heterocycles. The van der Waals surface area contributed by atoms with Gasteiger partial charge in [-0.1, -0.05) is 12.1 Å². The molecule has 5 nitrogen and oxygen atoms in total. The number of ether oxygens (including phenoxy) is 1. The van der Waals surface area contributed by atoms with Crippen molar-refractivity contribution < 1.29 is 4.74 Å². The minimum absolute atomic E-state index is 0.893. The Kier molecular flexibility index (Phi) is 8.04. The molecule has 3 rings (SSSR count). The molecule has 2 aliphatic heterocycles. The molecule has 2 saturated heterocycles. The molecule has 0 amide bonds. The third-order valence-electron chi connectivity index (χ3n) is 4.83. The van der Waals surface area contributed by atoms with Gasteiger partial charge in [0.2, 0.25) is 0 Å². The number of benzene rings is 1. The van der Waals surface area contributed by atoms with Crippen LogP contribution in [0.15, 0.2) is 29.2 Å². The van der Waals surface area contributed by atoms with E-state index >= 15 is 0 Å². The van der Waals surface area contributed by atoms with Gasteiger partial charge >= 0.3 is 0 Å². The maximum absolute atomic E-state index is 5.41. The Bertz CT molecular complexity index is 504. The Balaban J connectivity index is 1.39. The molecular weight excluding hydrogens is 332 g/mol. The summed E-state index contributed by atoms with van der Waals surface area (Å²) >= 11 is 1.87. The van der Waals surface area contributed by atoms with Crippen LogP contribution in [0.2, 0.25) is 0 Å². The van der Waals surface area contributed by atoms with E-state index in [0.29, 0.717) is 0 Å². The van der Waals surface area contributed by atoms with Crippen molar-refractivity contribution in [3.63, 3.8) is 0 Å². The Labute approximate surface area is 156 Å². The highest BCUT2D eigenvalue weighted by Gasteiger charge is 2.12. The Hall–Kier alpha value is -0.630. The molecule has 0 unspecified atom stereocenters. The van der Waals surface area contributed by atoms with Crippen molar-refractivity contribution in [3.8, 4) is 0 Å². The molecule has 25 heavy (non-hydrogen) atoms. The first-order valence-corrected chi connectivity index (χ1v) is 10.3. The standard InChI is InChI=1S/C19H32N4OS/c1-21(8-3-9-22-12-14-24-15-13-22)25-19-5-2-4-18(16-19)17-23-10-6-20-7-11-23/h2,4-5,16,20H,3,6-15,17H2,1H3. The van der Waals surface area contributed by atoms with Crippen molar-refractivity contribution in [2.45, 2.75) is 17.9 Å². The minimum atomic E-state index is 0.893. The summed E-state index contributed by atoms with van der Waals surface area (Å²) in [5, 5.41) is 3.42. The average Bonchev–Trinajstić information content (AvgIpc) is 2.64. The molecule has 1 aromatic carbocycles. The van der Waals surface area contributed by atoms with E-state index in [0.717, 1.165) is 65.6 Å². The second-order valence-corrected chi connectivity index (χ2v) is 8.20. The maximum atomic E-state index is 5.41. The van der Waals surface area contributed by atoms with Crippen LogP contribution in [0.4, 0.5) is 0 Å². The molecule has 0 aliphatic carbocycles. The van der Waals surface area contributed by atoms with Crippen LogP contribution in [0.25, 0.3) is 0 Å². The quantitative estimate of drug-likeness (QED) is 0.708. The zero-order valence-electron chi connectivity index (χ0n) is 15.5. The third kappa shape index (κ3) is 6.89. The molecule has 0 spiro atoms. The Morgan fingerprint density at radius 3 is 2.72 bits per heavy atom. The largest absolute Gasteiger partial charge is 0.379 e. The predicted octanol–water partition coefficient (Wildman–Crippen LogP) is 1.75. The molecule has 6 heteroatoms. The summed E-state index contributed by atoms with van der Waals surface area (Å²) in [4.78, 5) is 6.39. The normalized spacial score (nSPS) is 20.2. The molecule has 0 atom stereocenters. The van der Waals surface area contributed by atoms with E-state index < -0.39 is 0 Å². The highest BCUT2D eigenvalue weighted by atomic mass is 32.2. The van der Waals surface area contributed by atoms with E-state index in [-0.39, 0.29) is 0 Å². The second-order valence-electron chi connectivity index (χ2n) is 6.92. The van der Waals surface area contributed by atoms with E-state index in [1.54, 1.807) is 0 Å². The molecule has 0 bridgehead atoms. The van der Waals surface area contributed by atoms with Gasteiger partial charge in [0.25, 0.3) is 0 Å². The number of hydrogen-bond donors (Lipinski definition) is 1. The summed E-state index contributed by atoms with van der Waals surface area (Å²) in [6.45, 7) is 11.8. The van der Waals surface area contributed by atoms with E-state index in [1.165, 1.54) is 23.4 Å². The summed E-state index contributed by atoms with van der Waals surface area (Å²) in [5.41, 5.74) is 1.42. The number of piperazine rings is 1. The SMILES string of the molecule is CN(CCCN1CCOCC1)Sc1cccc(CN2CCNCC2)c1. The van der Waals surface area contributed by atoms with Crippen LogP contribution in [-0.2, 0) is 11.3 Å². The van der Waals surface area contributed by atoms with Gasteiger partial charge in [-0.15, -0.1) is 0 Å². The van der Waals surface area contributed by atoms with Crippen LogP contribution in [0.1, 0.15) is 12.0 Å². The van der Waals surface area contributed by atoms with Crippen LogP contribution in [0.3, 0.4) is 0 Å². The van der Waals surface area contributed by atoms with Crippen molar-refractivity contribution >= 4 is 11.9 Å². The van der Waals surface area contributed by atoms with Gasteiger partial charge in [0.1, 0.15) is 0 Å². The lowest BCUT2D eigenvalue weighted by atomic mass is 10.2. The summed E-state index contributed by atoms with van der Waals surface area (Å²) < 4.78 is 7.77. The lowest BCUT2D eigenvalue weighted by molar-refractivity contribution is 0.0371. The molecule has 140 valence electrons. The van der Waals surface area contributed by atoms with Gasteiger partial charge in [-0.3, -0.25) is 9.80 Å². The predicted molar refractivity (Wildman–Crippen MR) is 105 cm³/mol. The molecule has 1 aromatic rings. The topological polar surface area (TPSA) is 31.0 Å². The van der Waals surface area contributed by atoms with E-state index in [1.807, 2.05) is 11.9 Å². The van der Waals surface area contributed by atoms with Crippen molar-refractivity contribution in [2.75, 3.05) is 72.6 Å². The van der Waals surface area contributed by atoms with Crippen LogP contribution in [-0.4, -0.2) is 86.7 Å². The number of nitrogens with one attached hydrogen (secondary N) is 1. The Morgan fingerprint density at radius 2 is 1.92 bits per heavy atom. The molecule has 2 aliphatic rings. The van der Waals surface area contributed by atoms with Crippen LogP contribution >= 0.6 is 11.9 Å². The first-order valence-electron chi connectivity index (χ1n) is 9.51. The molecule has 2 fully saturated rings. The first-order chi connectivity index (χ1) is 12.3. The van der Waals surface area contributed by atoms with Crippen LogP contribution < -0.4 is 5.32 Å². The van der Waals surface area contributed by atoms with E-state index in [2.05, 4.69) is 50.7 Å². The summed E-state index contributed by atoms with van der Waals surface area (Å²) in [5.74, 6) is 0. The van der Waals surface area contributed by atoms with Gasteiger partial charge in [-0.2, -0.15) is 0 Å². The molecule has 1 N–H and O–H groups in total. The van der Waals surface area contributed by atoms with Crippen molar-refractivity contribution in [3.05, 3.63) is 29.8 Å². The maximum Gasteiger partial charge on any atom is 0.0594 e. The van der Waals surface area contributed by atoms with E-state index in [9.17, 15) is 0 Å². The average molecular weight is 365 g/mol. The van der Waals surface area contributed by atoms with Crippen molar-refractivity contribution in [2.24, 2.45) is 0 Å². The van der Waals surface area contributed by atoms with Gasteiger partial charge in [-0.25, -0.2) is 4.31 Å². The van der Waals surface area contributed by atoms with Gasteiger partial charge in [0.15, 0.2) is 0 Å². The fraction of sp³-hybridized carbons (Fsp3) is 0.684. The van der Waals surface area contributed by atoms with Gasteiger partial charge in [0.05, 0.1) is 13.2 Å². The minimum Gasteiger partial charge on any atom is -0.379 e.